The molecule has 0 saturated heterocycles. The molecule has 0 heterocycles. The number of rotatable bonds is 10. The molecule has 0 aliphatic heterocycles. The first kappa shape index (κ1) is 18.2. The van der Waals surface area contributed by atoms with E-state index in [1.807, 2.05) is 18.2 Å². The molecule has 0 bridgehead atoms. The van der Waals surface area contributed by atoms with Crippen LogP contribution in [-0.4, -0.2) is 37.9 Å². The van der Waals surface area contributed by atoms with Crippen molar-refractivity contribution in [3.8, 4) is 0 Å². The Morgan fingerprint density at radius 1 is 0.917 bits per heavy atom. The van der Waals surface area contributed by atoms with Gasteiger partial charge in [-0.1, -0.05) is 65.8 Å². The molecule has 0 unspecified atom stereocenters. The molecule has 0 N–H and O–H groups in total. The summed E-state index contributed by atoms with van der Waals surface area (Å²) in [4.78, 5) is 7.72. The Hall–Kier alpha value is -2.13. The summed E-state index contributed by atoms with van der Waals surface area (Å²) in [6, 6.07) is 20.9. The molecule has 2 rings (SSSR count). The van der Waals surface area contributed by atoms with E-state index in [-0.39, 0.29) is 0 Å². The van der Waals surface area contributed by atoms with Crippen LogP contribution < -0.4 is 0 Å². The molecule has 0 fully saturated rings. The minimum absolute atomic E-state index is 0.660. The molecule has 2 aromatic rings. The van der Waals surface area contributed by atoms with E-state index in [2.05, 4.69) is 66.6 Å². The van der Waals surface area contributed by atoms with Gasteiger partial charge in [0.05, 0.1) is 5.71 Å². The van der Waals surface area contributed by atoms with Crippen molar-refractivity contribution in [2.45, 2.75) is 25.7 Å². The number of benzene rings is 2. The molecule has 0 aliphatic carbocycles. The summed E-state index contributed by atoms with van der Waals surface area (Å²) in [6.07, 6.45) is 4.04. The second kappa shape index (κ2) is 10.6. The van der Waals surface area contributed by atoms with Gasteiger partial charge in [-0.2, -0.15) is 0 Å². The van der Waals surface area contributed by atoms with E-state index >= 15 is 0 Å². The summed E-state index contributed by atoms with van der Waals surface area (Å²) in [5.74, 6) is 0. The molecule has 0 saturated carbocycles. The third kappa shape index (κ3) is 6.97. The van der Waals surface area contributed by atoms with Crippen molar-refractivity contribution in [1.29, 1.82) is 0 Å². The van der Waals surface area contributed by atoms with E-state index in [0.29, 0.717) is 6.61 Å². The fraction of sp³-hybridized carbons (Fsp3) is 0.381. The van der Waals surface area contributed by atoms with Gasteiger partial charge in [0, 0.05) is 6.54 Å². The summed E-state index contributed by atoms with van der Waals surface area (Å²) < 4.78 is 0. The number of hydrogen-bond donors (Lipinski definition) is 0. The Kier molecular flexibility index (Phi) is 8.05. The number of hydrogen-bond acceptors (Lipinski definition) is 3. The molecule has 0 spiro atoms. The zero-order valence-electron chi connectivity index (χ0n) is 14.8. The summed E-state index contributed by atoms with van der Waals surface area (Å²) >= 11 is 0. The SMILES string of the molecule is CN(C)CCCO/N=C(\CCCc1ccccc1)c1ccccc1. The molecular formula is C21H28N2O. The predicted molar refractivity (Wildman–Crippen MR) is 101 cm³/mol. The Labute approximate surface area is 145 Å². The summed E-state index contributed by atoms with van der Waals surface area (Å²) in [7, 11) is 4.14. The average Bonchev–Trinajstić information content (AvgIpc) is 2.61. The lowest BCUT2D eigenvalue weighted by molar-refractivity contribution is 0.134. The third-order valence-corrected chi connectivity index (χ3v) is 3.84. The molecular weight excluding hydrogens is 296 g/mol. The molecule has 0 radical (unpaired) electrons. The highest BCUT2D eigenvalue weighted by atomic mass is 16.6. The molecule has 3 nitrogen and oxygen atoms in total. The highest BCUT2D eigenvalue weighted by Gasteiger charge is 2.05. The van der Waals surface area contributed by atoms with Crippen molar-refractivity contribution in [2.75, 3.05) is 27.2 Å². The summed E-state index contributed by atoms with van der Waals surface area (Å²) in [6.45, 7) is 1.68. The highest BCUT2D eigenvalue weighted by Crippen LogP contribution is 2.11. The van der Waals surface area contributed by atoms with Crippen molar-refractivity contribution in [3.05, 3.63) is 71.8 Å². The topological polar surface area (TPSA) is 24.8 Å². The zero-order valence-corrected chi connectivity index (χ0v) is 14.8. The number of nitrogens with zero attached hydrogens (tertiary/aromatic N) is 2. The van der Waals surface area contributed by atoms with Crippen LogP contribution in [0.3, 0.4) is 0 Å². The van der Waals surface area contributed by atoms with Crippen LogP contribution in [0.4, 0.5) is 0 Å². The molecule has 0 atom stereocenters. The van der Waals surface area contributed by atoms with E-state index in [9.17, 15) is 0 Å². The van der Waals surface area contributed by atoms with E-state index in [4.69, 9.17) is 4.84 Å². The minimum atomic E-state index is 0.660. The fourth-order valence-electron chi connectivity index (χ4n) is 2.55. The van der Waals surface area contributed by atoms with Gasteiger partial charge in [0.2, 0.25) is 0 Å². The minimum Gasteiger partial charge on any atom is -0.396 e. The van der Waals surface area contributed by atoms with Crippen LogP contribution in [0.1, 0.15) is 30.4 Å². The maximum Gasteiger partial charge on any atom is 0.118 e. The van der Waals surface area contributed by atoms with Crippen LogP contribution in [0.2, 0.25) is 0 Å². The van der Waals surface area contributed by atoms with E-state index in [1.54, 1.807) is 0 Å². The fourth-order valence-corrected chi connectivity index (χ4v) is 2.55. The van der Waals surface area contributed by atoms with Crippen LogP contribution >= 0.6 is 0 Å². The number of aryl methyl sites for hydroxylation is 1. The molecule has 0 amide bonds. The normalized spacial score (nSPS) is 11.7. The average molecular weight is 324 g/mol. The molecule has 2 aromatic carbocycles. The first-order valence-corrected chi connectivity index (χ1v) is 8.68. The maximum absolute atomic E-state index is 5.56. The highest BCUT2D eigenvalue weighted by molar-refractivity contribution is 6.00. The summed E-state index contributed by atoms with van der Waals surface area (Å²) in [5.41, 5.74) is 3.56. The van der Waals surface area contributed by atoms with Crippen LogP contribution in [0, 0.1) is 0 Å². The quantitative estimate of drug-likeness (QED) is 0.368. The van der Waals surface area contributed by atoms with Gasteiger partial charge >= 0.3 is 0 Å². The van der Waals surface area contributed by atoms with Crippen LogP contribution in [-0.2, 0) is 11.3 Å². The van der Waals surface area contributed by atoms with Crippen LogP contribution in [0.25, 0.3) is 0 Å². The zero-order chi connectivity index (χ0) is 17.0. The van der Waals surface area contributed by atoms with Crippen LogP contribution in [0.15, 0.2) is 65.8 Å². The van der Waals surface area contributed by atoms with Crippen molar-refractivity contribution in [2.24, 2.45) is 5.16 Å². The van der Waals surface area contributed by atoms with E-state index in [0.717, 1.165) is 43.5 Å². The van der Waals surface area contributed by atoms with E-state index < -0.39 is 0 Å². The van der Waals surface area contributed by atoms with Crippen molar-refractivity contribution < 1.29 is 4.84 Å². The van der Waals surface area contributed by atoms with Gasteiger partial charge in [-0.3, -0.25) is 0 Å². The third-order valence-electron chi connectivity index (χ3n) is 3.84. The van der Waals surface area contributed by atoms with Gasteiger partial charge in [0.25, 0.3) is 0 Å². The monoisotopic (exact) mass is 324 g/mol. The lowest BCUT2D eigenvalue weighted by Gasteiger charge is -2.10. The molecule has 128 valence electrons. The first-order chi connectivity index (χ1) is 11.8. The maximum atomic E-state index is 5.56. The smallest absolute Gasteiger partial charge is 0.118 e. The predicted octanol–water partition coefficient (Wildman–Crippen LogP) is 4.38. The number of oxime groups is 1. The standard InChI is InChI=1S/C21H28N2O/c1-23(2)17-10-18-24-22-21(20-14-7-4-8-15-20)16-9-13-19-11-5-3-6-12-19/h3-8,11-12,14-15H,9-10,13,16-18H2,1-2H3/b22-21+. The molecule has 0 aliphatic rings. The van der Waals surface area contributed by atoms with E-state index in [1.165, 1.54) is 5.56 Å². The van der Waals surface area contributed by atoms with Gasteiger partial charge in [-0.15, -0.1) is 0 Å². The van der Waals surface area contributed by atoms with Gasteiger partial charge in [-0.25, -0.2) is 0 Å². The Bertz CT molecular complexity index is 594. The Balaban J connectivity index is 1.88. The Morgan fingerprint density at radius 3 is 2.25 bits per heavy atom. The van der Waals surface area contributed by atoms with Gasteiger partial charge in [-0.05, 0) is 50.9 Å². The second-order valence-corrected chi connectivity index (χ2v) is 6.23. The van der Waals surface area contributed by atoms with Gasteiger partial charge in [0.1, 0.15) is 6.61 Å². The van der Waals surface area contributed by atoms with Crippen molar-refractivity contribution >= 4 is 5.71 Å². The van der Waals surface area contributed by atoms with Crippen molar-refractivity contribution in [3.63, 3.8) is 0 Å². The lowest BCUT2D eigenvalue weighted by atomic mass is 10.0. The first-order valence-electron chi connectivity index (χ1n) is 8.68. The summed E-state index contributed by atoms with van der Waals surface area (Å²) in [5, 5.41) is 4.42. The molecule has 0 aromatic heterocycles. The lowest BCUT2D eigenvalue weighted by Crippen LogP contribution is -2.14. The van der Waals surface area contributed by atoms with Gasteiger partial charge < -0.3 is 9.74 Å². The van der Waals surface area contributed by atoms with Crippen LogP contribution in [0.5, 0.6) is 0 Å². The van der Waals surface area contributed by atoms with Gasteiger partial charge in [0.15, 0.2) is 0 Å². The Morgan fingerprint density at radius 2 is 1.58 bits per heavy atom. The molecule has 3 heteroatoms. The second-order valence-electron chi connectivity index (χ2n) is 6.23. The largest absolute Gasteiger partial charge is 0.396 e. The molecule has 24 heavy (non-hydrogen) atoms. The van der Waals surface area contributed by atoms with Crippen molar-refractivity contribution in [1.82, 2.24) is 4.90 Å².